The number of nitrogens with zero attached hydrogens (tertiary/aromatic N) is 3. The number of rotatable bonds is 9. The number of esters is 1. The Hall–Kier alpha value is -3.51. The Morgan fingerprint density at radius 1 is 1.12 bits per heavy atom. The van der Waals surface area contributed by atoms with Crippen LogP contribution < -0.4 is 9.47 Å². The minimum Gasteiger partial charge on any atom is -0.495 e. The third kappa shape index (κ3) is 5.34. The van der Waals surface area contributed by atoms with E-state index in [1.54, 1.807) is 0 Å². The van der Waals surface area contributed by atoms with Gasteiger partial charge in [0.2, 0.25) is 15.8 Å². The lowest BCUT2D eigenvalue weighted by atomic mass is 10.2. The maximum Gasteiger partial charge on any atom is 0.338 e. The van der Waals surface area contributed by atoms with E-state index in [9.17, 15) is 17.6 Å². The van der Waals surface area contributed by atoms with E-state index >= 15 is 0 Å². The third-order valence-corrected chi connectivity index (χ3v) is 7.02. The summed E-state index contributed by atoms with van der Waals surface area (Å²) < 4.78 is 61.1. The summed E-state index contributed by atoms with van der Waals surface area (Å²) in [4.78, 5) is 16.5. The molecule has 10 nitrogen and oxygen atoms in total. The molecule has 2 heterocycles. The van der Waals surface area contributed by atoms with Gasteiger partial charge in [0.25, 0.3) is 5.89 Å². The summed E-state index contributed by atoms with van der Waals surface area (Å²) in [6, 6.07) is 9.52. The number of methoxy groups -OCH3 is 1. The van der Waals surface area contributed by atoms with Crippen LogP contribution in [0.3, 0.4) is 0 Å². The van der Waals surface area contributed by atoms with Crippen molar-refractivity contribution in [2.24, 2.45) is 0 Å². The number of sulfonamides is 1. The SMILES string of the molecule is COc1ccc(C(=O)OCc2nc(COc3ccc(F)cc3)no2)cc1S(=O)(=O)N1CCCC1. The number of halogens is 1. The molecule has 0 N–H and O–H groups in total. The predicted molar refractivity (Wildman–Crippen MR) is 115 cm³/mol. The second-order valence-electron chi connectivity index (χ2n) is 7.40. The van der Waals surface area contributed by atoms with E-state index in [0.717, 1.165) is 12.8 Å². The molecule has 4 rings (SSSR count). The zero-order valence-corrected chi connectivity index (χ0v) is 19.1. The first-order valence-corrected chi connectivity index (χ1v) is 11.9. The largest absolute Gasteiger partial charge is 0.495 e. The summed E-state index contributed by atoms with van der Waals surface area (Å²) in [5.74, 6) is -0.329. The number of hydrogen-bond acceptors (Lipinski definition) is 9. The van der Waals surface area contributed by atoms with Crippen LogP contribution in [0, 0.1) is 5.82 Å². The lowest BCUT2D eigenvalue weighted by Gasteiger charge is -2.18. The van der Waals surface area contributed by atoms with Crippen molar-refractivity contribution in [3.63, 3.8) is 0 Å². The van der Waals surface area contributed by atoms with Crippen LogP contribution in [0.15, 0.2) is 51.9 Å². The molecule has 0 radical (unpaired) electrons. The standard InChI is InChI=1S/C22H22FN3O7S/c1-30-18-9-4-15(12-19(18)34(28,29)26-10-2-3-11-26)22(27)32-14-21-24-20(25-33-21)13-31-17-7-5-16(23)6-8-17/h4-9,12H,2-3,10-11,13-14H2,1H3. The Kier molecular flexibility index (Phi) is 7.08. The van der Waals surface area contributed by atoms with E-state index in [1.165, 1.54) is 53.9 Å². The van der Waals surface area contributed by atoms with Gasteiger partial charge in [0.1, 0.15) is 22.2 Å². The van der Waals surface area contributed by atoms with Crippen molar-refractivity contribution < 1.29 is 36.3 Å². The van der Waals surface area contributed by atoms with Crippen molar-refractivity contribution >= 4 is 16.0 Å². The van der Waals surface area contributed by atoms with Crippen molar-refractivity contribution in [1.82, 2.24) is 14.4 Å². The molecular weight excluding hydrogens is 469 g/mol. The van der Waals surface area contributed by atoms with Gasteiger partial charge in [0.05, 0.1) is 12.7 Å². The molecule has 1 aliphatic rings. The van der Waals surface area contributed by atoms with Gasteiger partial charge in [-0.05, 0) is 55.3 Å². The first kappa shape index (κ1) is 23.6. The lowest BCUT2D eigenvalue weighted by molar-refractivity contribution is 0.0429. The number of carbonyl (C=O) groups is 1. The molecule has 0 amide bonds. The highest BCUT2D eigenvalue weighted by atomic mass is 32.2. The Bertz CT molecular complexity index is 1260. The summed E-state index contributed by atoms with van der Waals surface area (Å²) >= 11 is 0. The van der Waals surface area contributed by atoms with Gasteiger partial charge in [-0.25, -0.2) is 17.6 Å². The van der Waals surface area contributed by atoms with Crippen LogP contribution in [0.2, 0.25) is 0 Å². The van der Waals surface area contributed by atoms with Gasteiger partial charge in [-0.3, -0.25) is 0 Å². The van der Waals surface area contributed by atoms with Crippen LogP contribution in [0.25, 0.3) is 0 Å². The first-order valence-electron chi connectivity index (χ1n) is 10.4. The molecule has 1 aromatic heterocycles. The normalized spacial score (nSPS) is 14.2. The molecule has 0 spiro atoms. The zero-order chi connectivity index (χ0) is 24.1. The molecule has 34 heavy (non-hydrogen) atoms. The van der Waals surface area contributed by atoms with Crippen molar-refractivity contribution in [3.05, 3.63) is 65.6 Å². The minimum absolute atomic E-state index is 0.0285. The van der Waals surface area contributed by atoms with Gasteiger partial charge in [-0.2, -0.15) is 9.29 Å². The van der Waals surface area contributed by atoms with Gasteiger partial charge < -0.3 is 18.7 Å². The van der Waals surface area contributed by atoms with E-state index < -0.39 is 16.0 Å². The molecule has 0 atom stereocenters. The maximum atomic E-state index is 13.0. The summed E-state index contributed by atoms with van der Waals surface area (Å²) in [5.41, 5.74) is 0.0398. The van der Waals surface area contributed by atoms with Crippen LogP contribution >= 0.6 is 0 Å². The van der Waals surface area contributed by atoms with Crippen molar-refractivity contribution in [1.29, 1.82) is 0 Å². The van der Waals surface area contributed by atoms with E-state index in [4.69, 9.17) is 18.7 Å². The van der Waals surface area contributed by atoms with E-state index in [-0.39, 0.29) is 47.0 Å². The van der Waals surface area contributed by atoms with Crippen molar-refractivity contribution in [3.8, 4) is 11.5 Å². The molecule has 1 fully saturated rings. The predicted octanol–water partition coefficient (Wildman–Crippen LogP) is 2.94. The first-order chi connectivity index (χ1) is 16.4. The monoisotopic (exact) mass is 491 g/mol. The van der Waals surface area contributed by atoms with Crippen LogP contribution in [-0.2, 0) is 28.0 Å². The Balaban J connectivity index is 1.39. The summed E-state index contributed by atoms with van der Waals surface area (Å²) in [6.07, 6.45) is 1.56. The molecule has 1 aliphatic heterocycles. The quantitative estimate of drug-likeness (QED) is 0.416. The number of benzene rings is 2. The average Bonchev–Trinajstić information content (AvgIpc) is 3.54. The third-order valence-electron chi connectivity index (χ3n) is 5.10. The fourth-order valence-corrected chi connectivity index (χ4v) is 5.07. The number of aromatic nitrogens is 2. The second-order valence-corrected chi connectivity index (χ2v) is 9.31. The molecule has 0 unspecified atom stereocenters. The minimum atomic E-state index is -3.81. The lowest BCUT2D eigenvalue weighted by Crippen LogP contribution is -2.28. The van der Waals surface area contributed by atoms with Crippen LogP contribution in [0.1, 0.15) is 34.9 Å². The van der Waals surface area contributed by atoms with E-state index in [0.29, 0.717) is 18.8 Å². The molecule has 3 aromatic rings. The Labute approximate surface area is 195 Å². The van der Waals surface area contributed by atoms with Gasteiger partial charge in [0, 0.05) is 13.1 Å². The summed E-state index contributed by atoms with van der Waals surface area (Å²) in [7, 11) is -2.44. The van der Waals surface area contributed by atoms with Gasteiger partial charge >= 0.3 is 5.97 Å². The smallest absolute Gasteiger partial charge is 0.338 e. The molecule has 0 bridgehead atoms. The van der Waals surface area contributed by atoms with Gasteiger partial charge in [-0.1, -0.05) is 5.16 Å². The average molecular weight is 491 g/mol. The van der Waals surface area contributed by atoms with Crippen LogP contribution in [-0.4, -0.2) is 49.0 Å². The van der Waals surface area contributed by atoms with Crippen molar-refractivity contribution in [2.75, 3.05) is 20.2 Å². The highest BCUT2D eigenvalue weighted by molar-refractivity contribution is 7.89. The molecular formula is C22H22FN3O7S. The second kappa shape index (κ2) is 10.2. The van der Waals surface area contributed by atoms with E-state index in [1.807, 2.05) is 0 Å². The highest BCUT2D eigenvalue weighted by Crippen LogP contribution is 2.30. The van der Waals surface area contributed by atoms with Crippen LogP contribution in [0.5, 0.6) is 11.5 Å². The van der Waals surface area contributed by atoms with Crippen LogP contribution in [0.4, 0.5) is 4.39 Å². The molecule has 1 saturated heterocycles. The fourth-order valence-electron chi connectivity index (χ4n) is 3.37. The Morgan fingerprint density at radius 3 is 2.56 bits per heavy atom. The molecule has 2 aromatic carbocycles. The zero-order valence-electron chi connectivity index (χ0n) is 18.3. The number of carbonyl (C=O) groups excluding carboxylic acids is 1. The topological polar surface area (TPSA) is 121 Å². The number of hydrogen-bond donors (Lipinski definition) is 0. The Morgan fingerprint density at radius 2 is 1.85 bits per heavy atom. The van der Waals surface area contributed by atoms with E-state index in [2.05, 4.69) is 10.1 Å². The molecule has 12 heteroatoms. The maximum absolute atomic E-state index is 13.0. The van der Waals surface area contributed by atoms with Crippen molar-refractivity contribution in [2.45, 2.75) is 31.0 Å². The highest BCUT2D eigenvalue weighted by Gasteiger charge is 2.31. The summed E-state index contributed by atoms with van der Waals surface area (Å²) in [6.45, 7) is 0.497. The molecule has 180 valence electrons. The van der Waals surface area contributed by atoms with Gasteiger partial charge in [-0.15, -0.1) is 0 Å². The summed E-state index contributed by atoms with van der Waals surface area (Å²) in [5, 5.41) is 3.73. The molecule has 0 aliphatic carbocycles. The van der Waals surface area contributed by atoms with Gasteiger partial charge in [0.15, 0.2) is 13.2 Å². The number of ether oxygens (including phenoxy) is 3. The fraction of sp³-hybridized carbons (Fsp3) is 0.318. The molecule has 0 saturated carbocycles.